The van der Waals surface area contributed by atoms with E-state index in [0.717, 1.165) is 18.9 Å². The van der Waals surface area contributed by atoms with Crippen LogP contribution < -0.4 is 16.4 Å². The van der Waals surface area contributed by atoms with Crippen molar-refractivity contribution < 1.29 is 14.5 Å². The van der Waals surface area contributed by atoms with Crippen molar-refractivity contribution in [2.45, 2.75) is 18.9 Å². The number of nitrogens with one attached hydrogen (secondary N) is 2. The summed E-state index contributed by atoms with van der Waals surface area (Å²) in [6.45, 7) is -0.0622. The second-order valence-corrected chi connectivity index (χ2v) is 4.55. The average molecular weight is 278 g/mol. The number of hydrogen-bond acceptors (Lipinski definition) is 5. The second-order valence-electron chi connectivity index (χ2n) is 4.55. The van der Waals surface area contributed by atoms with Crippen LogP contribution in [0.25, 0.3) is 0 Å². The number of amides is 2. The van der Waals surface area contributed by atoms with Gasteiger partial charge in [0, 0.05) is 17.7 Å². The van der Waals surface area contributed by atoms with Crippen molar-refractivity contribution in [1.29, 1.82) is 0 Å². The van der Waals surface area contributed by atoms with Crippen LogP contribution in [0.1, 0.15) is 23.2 Å². The van der Waals surface area contributed by atoms with Gasteiger partial charge in [-0.1, -0.05) is 0 Å². The molecule has 106 valence electrons. The fourth-order valence-electron chi connectivity index (χ4n) is 1.67. The third kappa shape index (κ3) is 3.44. The average Bonchev–Trinajstić information content (AvgIpc) is 3.19. The number of benzene rings is 1. The number of nitrogens with two attached hydrogens (primary N) is 1. The molecule has 2 amide bonds. The largest absolute Gasteiger partial charge is 0.371 e. The molecule has 1 aromatic rings. The van der Waals surface area contributed by atoms with Gasteiger partial charge in [-0.25, -0.2) is 0 Å². The highest BCUT2D eigenvalue weighted by atomic mass is 16.6. The van der Waals surface area contributed by atoms with Crippen LogP contribution in [0.5, 0.6) is 0 Å². The van der Waals surface area contributed by atoms with Crippen LogP contribution in [-0.4, -0.2) is 29.3 Å². The van der Waals surface area contributed by atoms with Crippen LogP contribution in [0, 0.1) is 10.1 Å². The number of carbonyl (C=O) groups is 2. The van der Waals surface area contributed by atoms with E-state index in [1.807, 2.05) is 0 Å². The lowest BCUT2D eigenvalue weighted by atomic mass is 10.1. The minimum atomic E-state index is -0.744. The number of nitro groups is 1. The van der Waals surface area contributed by atoms with Crippen molar-refractivity contribution in [1.82, 2.24) is 5.32 Å². The molecule has 0 heterocycles. The lowest BCUT2D eigenvalue weighted by Gasteiger charge is -2.08. The van der Waals surface area contributed by atoms with Crippen molar-refractivity contribution >= 4 is 23.2 Å². The second kappa shape index (κ2) is 5.55. The van der Waals surface area contributed by atoms with Crippen LogP contribution in [0.15, 0.2) is 18.2 Å². The van der Waals surface area contributed by atoms with Crippen molar-refractivity contribution in [3.05, 3.63) is 33.9 Å². The molecule has 0 aliphatic heterocycles. The highest BCUT2D eigenvalue weighted by molar-refractivity contribution is 5.94. The van der Waals surface area contributed by atoms with E-state index >= 15 is 0 Å². The summed E-state index contributed by atoms with van der Waals surface area (Å²) >= 11 is 0. The minimum absolute atomic E-state index is 0.0460. The standard InChI is InChI=1S/C12H14N4O4/c13-12(18)7-1-4-9(10(5-7)16(19)20)14-6-11(17)15-8-2-3-8/h1,4-5,8,14H,2-3,6H2,(H2,13,18)(H,15,17). The van der Waals surface area contributed by atoms with Crippen LogP contribution in [0.4, 0.5) is 11.4 Å². The highest BCUT2D eigenvalue weighted by Crippen LogP contribution is 2.25. The van der Waals surface area contributed by atoms with Gasteiger partial charge in [0.15, 0.2) is 0 Å². The van der Waals surface area contributed by atoms with E-state index < -0.39 is 10.8 Å². The molecule has 8 heteroatoms. The predicted octanol–water partition coefficient (Wildman–Crippen LogP) is 0.384. The normalized spacial score (nSPS) is 13.6. The molecule has 1 fully saturated rings. The SMILES string of the molecule is NC(=O)c1ccc(NCC(=O)NC2CC2)c([N+](=O)[O-])c1. The van der Waals surface area contributed by atoms with Crippen molar-refractivity contribution in [2.24, 2.45) is 5.73 Å². The molecular formula is C12H14N4O4. The Bertz CT molecular complexity index is 569. The maximum atomic E-state index is 11.5. The monoisotopic (exact) mass is 278 g/mol. The lowest BCUT2D eigenvalue weighted by Crippen LogP contribution is -2.31. The Morgan fingerprint density at radius 3 is 2.65 bits per heavy atom. The van der Waals surface area contributed by atoms with Crippen LogP contribution >= 0.6 is 0 Å². The van der Waals surface area contributed by atoms with Crippen molar-refractivity contribution in [2.75, 3.05) is 11.9 Å². The molecule has 0 saturated heterocycles. The first-order valence-corrected chi connectivity index (χ1v) is 6.09. The Morgan fingerprint density at radius 2 is 2.10 bits per heavy atom. The molecule has 0 atom stereocenters. The summed E-state index contributed by atoms with van der Waals surface area (Å²) in [6, 6.07) is 4.05. The van der Waals surface area contributed by atoms with Gasteiger partial charge in [-0.2, -0.15) is 0 Å². The number of nitro benzene ring substituents is 1. The lowest BCUT2D eigenvalue weighted by molar-refractivity contribution is -0.384. The van der Waals surface area contributed by atoms with E-state index in [2.05, 4.69) is 10.6 Å². The van der Waals surface area contributed by atoms with Crippen molar-refractivity contribution in [3.8, 4) is 0 Å². The highest BCUT2D eigenvalue weighted by Gasteiger charge is 2.23. The van der Waals surface area contributed by atoms with Gasteiger partial charge in [0.25, 0.3) is 5.69 Å². The molecule has 20 heavy (non-hydrogen) atoms. The zero-order chi connectivity index (χ0) is 14.7. The number of carbonyl (C=O) groups excluding carboxylic acids is 2. The Balaban J connectivity index is 2.07. The molecule has 1 aromatic carbocycles. The number of anilines is 1. The zero-order valence-corrected chi connectivity index (χ0v) is 10.6. The molecule has 4 N–H and O–H groups in total. The van der Waals surface area contributed by atoms with Crippen LogP contribution in [0.3, 0.4) is 0 Å². The van der Waals surface area contributed by atoms with Gasteiger partial charge < -0.3 is 16.4 Å². The Labute approximate surface area is 114 Å². The smallest absolute Gasteiger partial charge is 0.293 e. The topological polar surface area (TPSA) is 127 Å². The molecule has 1 aliphatic rings. The summed E-state index contributed by atoms with van der Waals surface area (Å²) in [5, 5.41) is 16.4. The van der Waals surface area contributed by atoms with E-state index in [4.69, 9.17) is 5.73 Å². The maximum Gasteiger partial charge on any atom is 0.293 e. The quantitative estimate of drug-likeness (QED) is 0.512. The molecule has 8 nitrogen and oxygen atoms in total. The van der Waals surface area contributed by atoms with Crippen LogP contribution in [0.2, 0.25) is 0 Å². The summed E-state index contributed by atoms with van der Waals surface area (Å²) in [6.07, 6.45) is 1.94. The van der Waals surface area contributed by atoms with Crippen LogP contribution in [-0.2, 0) is 4.79 Å². The molecule has 1 saturated carbocycles. The van der Waals surface area contributed by atoms with Gasteiger partial charge in [0.1, 0.15) is 5.69 Å². The van der Waals surface area contributed by atoms with Gasteiger partial charge in [-0.15, -0.1) is 0 Å². The van der Waals surface area contributed by atoms with E-state index in [1.54, 1.807) is 0 Å². The Morgan fingerprint density at radius 1 is 1.40 bits per heavy atom. The number of hydrogen-bond donors (Lipinski definition) is 3. The predicted molar refractivity (Wildman–Crippen MR) is 71.3 cm³/mol. The van der Waals surface area contributed by atoms with Gasteiger partial charge in [-0.05, 0) is 25.0 Å². The van der Waals surface area contributed by atoms with Gasteiger partial charge in [0.2, 0.25) is 11.8 Å². The van der Waals surface area contributed by atoms with Gasteiger partial charge in [0.05, 0.1) is 11.5 Å². The minimum Gasteiger partial charge on any atom is -0.371 e. The van der Waals surface area contributed by atoms with Gasteiger partial charge >= 0.3 is 0 Å². The summed E-state index contributed by atoms with van der Waals surface area (Å²) in [4.78, 5) is 32.8. The molecule has 2 rings (SSSR count). The molecule has 0 unspecified atom stereocenters. The van der Waals surface area contributed by atoms with E-state index in [9.17, 15) is 19.7 Å². The molecule has 1 aliphatic carbocycles. The molecule has 0 aromatic heterocycles. The number of primary amides is 1. The van der Waals surface area contributed by atoms with E-state index in [0.29, 0.717) is 0 Å². The first-order chi connectivity index (χ1) is 9.47. The third-order valence-electron chi connectivity index (χ3n) is 2.86. The summed E-state index contributed by atoms with van der Waals surface area (Å²) in [5.74, 6) is -0.966. The first kappa shape index (κ1) is 13.8. The summed E-state index contributed by atoms with van der Waals surface area (Å²) in [5.41, 5.74) is 5.00. The van der Waals surface area contributed by atoms with Gasteiger partial charge in [-0.3, -0.25) is 19.7 Å². The first-order valence-electron chi connectivity index (χ1n) is 6.09. The third-order valence-corrected chi connectivity index (χ3v) is 2.86. The Hall–Kier alpha value is -2.64. The maximum absolute atomic E-state index is 11.5. The fraction of sp³-hybridized carbons (Fsp3) is 0.333. The summed E-state index contributed by atoms with van der Waals surface area (Å²) < 4.78 is 0. The molecule has 0 radical (unpaired) electrons. The molecule has 0 spiro atoms. The van der Waals surface area contributed by atoms with E-state index in [-0.39, 0.29) is 35.4 Å². The number of nitrogens with zero attached hydrogens (tertiary/aromatic N) is 1. The molecule has 0 bridgehead atoms. The fourth-order valence-corrected chi connectivity index (χ4v) is 1.67. The number of rotatable bonds is 6. The summed E-state index contributed by atoms with van der Waals surface area (Å²) in [7, 11) is 0. The molecular weight excluding hydrogens is 264 g/mol. The van der Waals surface area contributed by atoms with Crippen molar-refractivity contribution in [3.63, 3.8) is 0 Å². The zero-order valence-electron chi connectivity index (χ0n) is 10.6. The van der Waals surface area contributed by atoms with E-state index in [1.165, 1.54) is 12.1 Å². The Kier molecular flexibility index (Phi) is 3.83.